The number of nitrogens with one attached hydrogen (secondary N) is 1. The summed E-state index contributed by atoms with van der Waals surface area (Å²) in [7, 11) is 0. The number of nitrogens with two attached hydrogens (primary N) is 1. The van der Waals surface area contributed by atoms with Crippen molar-refractivity contribution in [1.82, 2.24) is 5.32 Å². The average Bonchev–Trinajstić information content (AvgIpc) is 2.48. The molecular weight excluding hydrogens is 327 g/mol. The number of aryl methyl sites for hydroxylation is 1. The van der Waals surface area contributed by atoms with Crippen molar-refractivity contribution in [3.8, 4) is 0 Å². The lowest BCUT2D eigenvalue weighted by molar-refractivity contribution is 0.0900. The Labute approximate surface area is 147 Å². The van der Waals surface area contributed by atoms with E-state index in [-0.39, 0.29) is 30.2 Å². The topological polar surface area (TPSA) is 55.1 Å². The molecule has 0 aromatic heterocycles. The van der Waals surface area contributed by atoms with Gasteiger partial charge in [-0.05, 0) is 61.1 Å². The summed E-state index contributed by atoms with van der Waals surface area (Å²) in [5.74, 6) is 0.0147. The summed E-state index contributed by atoms with van der Waals surface area (Å²) in [6.45, 7) is 1.89. The van der Waals surface area contributed by atoms with Crippen molar-refractivity contribution in [3.05, 3.63) is 65.0 Å². The average molecular weight is 349 g/mol. The van der Waals surface area contributed by atoms with Crippen LogP contribution in [0, 0.1) is 18.7 Å². The van der Waals surface area contributed by atoms with Crippen molar-refractivity contribution in [2.24, 2.45) is 5.92 Å². The zero-order valence-corrected chi connectivity index (χ0v) is 14.4. The fraction of sp³-hybridized carbons (Fsp3) is 0.316. The molecule has 1 unspecified atom stereocenters. The highest BCUT2D eigenvalue weighted by Crippen LogP contribution is 2.38. The Morgan fingerprint density at radius 2 is 1.88 bits per heavy atom. The molecule has 0 bridgehead atoms. The van der Waals surface area contributed by atoms with Gasteiger partial charge in [-0.15, -0.1) is 12.4 Å². The maximum atomic E-state index is 13.2. The molecule has 2 aromatic carbocycles. The molecule has 3 N–H and O–H groups in total. The number of carbonyl (C=O) groups is 1. The summed E-state index contributed by atoms with van der Waals surface area (Å²) < 4.78 is 13.2. The number of anilines is 1. The Bertz CT molecular complexity index is 714. The van der Waals surface area contributed by atoms with Gasteiger partial charge in [-0.1, -0.05) is 24.6 Å². The molecule has 0 saturated heterocycles. The first-order chi connectivity index (χ1) is 11.0. The summed E-state index contributed by atoms with van der Waals surface area (Å²) in [6.07, 6.45) is 3.34. The summed E-state index contributed by atoms with van der Waals surface area (Å²) in [5, 5.41) is 3.12. The van der Waals surface area contributed by atoms with Crippen LogP contribution in [-0.4, -0.2) is 5.91 Å². The van der Waals surface area contributed by atoms with Gasteiger partial charge in [0, 0.05) is 11.3 Å². The molecular formula is C19H22ClFN2O. The van der Waals surface area contributed by atoms with Crippen LogP contribution in [0.2, 0.25) is 0 Å². The molecule has 1 atom stereocenters. The third-order valence-electron chi connectivity index (χ3n) is 4.64. The molecule has 128 valence electrons. The molecule has 24 heavy (non-hydrogen) atoms. The van der Waals surface area contributed by atoms with E-state index in [1.807, 2.05) is 13.0 Å². The van der Waals surface area contributed by atoms with E-state index in [0.29, 0.717) is 17.2 Å². The molecule has 1 aliphatic carbocycles. The quantitative estimate of drug-likeness (QED) is 0.804. The van der Waals surface area contributed by atoms with E-state index >= 15 is 0 Å². The van der Waals surface area contributed by atoms with Gasteiger partial charge in [-0.2, -0.15) is 0 Å². The molecule has 0 radical (unpaired) electrons. The fourth-order valence-electron chi connectivity index (χ4n) is 3.02. The van der Waals surface area contributed by atoms with Crippen molar-refractivity contribution in [2.45, 2.75) is 32.2 Å². The van der Waals surface area contributed by atoms with Gasteiger partial charge in [0.2, 0.25) is 0 Å². The van der Waals surface area contributed by atoms with E-state index < -0.39 is 0 Å². The Morgan fingerprint density at radius 1 is 1.21 bits per heavy atom. The minimum absolute atomic E-state index is 0. The highest BCUT2D eigenvalue weighted by atomic mass is 35.5. The van der Waals surface area contributed by atoms with E-state index in [9.17, 15) is 9.18 Å². The number of amides is 1. The minimum Gasteiger partial charge on any atom is -0.399 e. The van der Waals surface area contributed by atoms with Gasteiger partial charge in [0.1, 0.15) is 5.82 Å². The maximum absolute atomic E-state index is 13.2. The summed E-state index contributed by atoms with van der Waals surface area (Å²) in [4.78, 5) is 12.7. The summed E-state index contributed by atoms with van der Waals surface area (Å²) in [5.41, 5.74) is 8.81. The predicted octanol–water partition coefficient (Wildman–Crippen LogP) is 4.41. The molecule has 0 spiro atoms. The monoisotopic (exact) mass is 348 g/mol. The number of carbonyl (C=O) groups excluding carboxylic acids is 1. The van der Waals surface area contributed by atoms with Gasteiger partial charge in [0.15, 0.2) is 0 Å². The molecule has 1 amide bonds. The lowest BCUT2D eigenvalue weighted by atomic mass is 9.77. The fourth-order valence-corrected chi connectivity index (χ4v) is 3.02. The lowest BCUT2D eigenvalue weighted by Crippen LogP contribution is -2.36. The van der Waals surface area contributed by atoms with Gasteiger partial charge in [-0.25, -0.2) is 4.39 Å². The number of nitrogen functional groups attached to an aromatic ring is 1. The van der Waals surface area contributed by atoms with Crippen molar-refractivity contribution in [3.63, 3.8) is 0 Å². The van der Waals surface area contributed by atoms with E-state index in [1.54, 1.807) is 24.3 Å². The SMILES string of the molecule is Cc1ccc(N)cc1C(=O)NC(c1ccc(F)cc1)C1CCC1.Cl. The minimum atomic E-state index is -0.265. The Morgan fingerprint density at radius 3 is 2.46 bits per heavy atom. The van der Waals surface area contributed by atoms with Crippen LogP contribution in [-0.2, 0) is 0 Å². The third-order valence-corrected chi connectivity index (χ3v) is 4.64. The lowest BCUT2D eigenvalue weighted by Gasteiger charge is -2.34. The zero-order valence-electron chi connectivity index (χ0n) is 13.6. The molecule has 1 aliphatic rings. The van der Waals surface area contributed by atoms with Crippen LogP contribution in [0.4, 0.5) is 10.1 Å². The van der Waals surface area contributed by atoms with Crippen LogP contribution < -0.4 is 11.1 Å². The Hall–Kier alpha value is -2.07. The van der Waals surface area contributed by atoms with Gasteiger partial charge in [0.25, 0.3) is 5.91 Å². The molecule has 1 fully saturated rings. The van der Waals surface area contributed by atoms with Crippen LogP contribution in [0.3, 0.4) is 0 Å². The Balaban J connectivity index is 0.00000208. The molecule has 0 aliphatic heterocycles. The maximum Gasteiger partial charge on any atom is 0.252 e. The predicted molar refractivity (Wildman–Crippen MR) is 96.8 cm³/mol. The van der Waals surface area contributed by atoms with Crippen LogP contribution in [0.1, 0.15) is 46.8 Å². The standard InChI is InChI=1S/C19H21FN2O.ClH/c1-12-5-10-16(21)11-17(12)19(23)22-18(13-3-2-4-13)14-6-8-15(20)9-7-14;/h5-11,13,18H,2-4,21H2,1H3,(H,22,23);1H. The second kappa shape index (κ2) is 7.67. The number of hydrogen-bond donors (Lipinski definition) is 2. The first kappa shape index (κ1) is 18.3. The number of hydrogen-bond acceptors (Lipinski definition) is 2. The number of rotatable bonds is 4. The van der Waals surface area contributed by atoms with Gasteiger partial charge in [0.05, 0.1) is 6.04 Å². The Kier molecular flexibility index (Phi) is 5.84. The largest absolute Gasteiger partial charge is 0.399 e. The number of halogens is 2. The second-order valence-electron chi connectivity index (χ2n) is 6.27. The molecule has 2 aromatic rings. The van der Waals surface area contributed by atoms with Crippen LogP contribution in [0.25, 0.3) is 0 Å². The third kappa shape index (κ3) is 3.88. The zero-order chi connectivity index (χ0) is 16.4. The van der Waals surface area contributed by atoms with Crippen molar-refractivity contribution < 1.29 is 9.18 Å². The molecule has 3 rings (SSSR count). The highest BCUT2D eigenvalue weighted by molar-refractivity contribution is 5.96. The van der Waals surface area contributed by atoms with Gasteiger partial charge >= 0.3 is 0 Å². The molecule has 3 nitrogen and oxygen atoms in total. The van der Waals surface area contributed by atoms with E-state index in [4.69, 9.17) is 5.73 Å². The van der Waals surface area contributed by atoms with Crippen LogP contribution in [0.5, 0.6) is 0 Å². The molecule has 5 heteroatoms. The summed E-state index contributed by atoms with van der Waals surface area (Å²) in [6, 6.07) is 11.6. The van der Waals surface area contributed by atoms with E-state index in [1.165, 1.54) is 18.6 Å². The van der Waals surface area contributed by atoms with Gasteiger partial charge < -0.3 is 11.1 Å². The van der Waals surface area contributed by atoms with E-state index in [2.05, 4.69) is 5.32 Å². The number of benzene rings is 2. The van der Waals surface area contributed by atoms with Crippen LogP contribution in [0.15, 0.2) is 42.5 Å². The normalized spacial score (nSPS) is 15.1. The van der Waals surface area contributed by atoms with Crippen molar-refractivity contribution in [2.75, 3.05) is 5.73 Å². The molecule has 0 heterocycles. The molecule has 1 saturated carbocycles. The van der Waals surface area contributed by atoms with Crippen molar-refractivity contribution in [1.29, 1.82) is 0 Å². The highest BCUT2D eigenvalue weighted by Gasteiger charge is 2.30. The first-order valence-electron chi connectivity index (χ1n) is 7.97. The van der Waals surface area contributed by atoms with Gasteiger partial charge in [-0.3, -0.25) is 4.79 Å². The van der Waals surface area contributed by atoms with Crippen LogP contribution >= 0.6 is 12.4 Å². The van der Waals surface area contributed by atoms with Crippen molar-refractivity contribution >= 4 is 24.0 Å². The first-order valence-corrected chi connectivity index (χ1v) is 7.97. The second-order valence-corrected chi connectivity index (χ2v) is 6.27. The summed E-state index contributed by atoms with van der Waals surface area (Å²) >= 11 is 0. The van der Waals surface area contributed by atoms with E-state index in [0.717, 1.165) is 24.0 Å². The smallest absolute Gasteiger partial charge is 0.252 e.